The van der Waals surface area contributed by atoms with Gasteiger partial charge in [0.15, 0.2) is 0 Å². The molecule has 0 aromatic carbocycles. The second-order valence-electron chi connectivity index (χ2n) is 5.20. The van der Waals surface area contributed by atoms with Gasteiger partial charge in [-0.15, -0.1) is 7.92 Å². The van der Waals surface area contributed by atoms with Gasteiger partial charge in [-0.1, -0.05) is 20.8 Å². The zero-order valence-corrected chi connectivity index (χ0v) is 16.6. The summed E-state index contributed by atoms with van der Waals surface area (Å²) >= 11 is 0.0104. The third-order valence-electron chi connectivity index (χ3n) is 3.11. The predicted octanol–water partition coefficient (Wildman–Crippen LogP) is 6.31. The SMILES string of the molecule is CC(C)=CC(C)=[CH][Ti][C]1=CC=CC1.CCP(CC)CC. The molecule has 112 valence electrons. The van der Waals surface area contributed by atoms with Crippen molar-refractivity contribution in [3.05, 3.63) is 43.7 Å². The maximum Gasteiger partial charge on any atom is -0.0355 e. The van der Waals surface area contributed by atoms with E-state index < -0.39 is 0 Å². The first-order valence-corrected chi connectivity index (χ1v) is 11.3. The van der Waals surface area contributed by atoms with Crippen LogP contribution in [0.25, 0.3) is 0 Å². The zero-order chi connectivity index (χ0) is 15.4. The molecule has 0 radical (unpaired) electrons. The predicted molar refractivity (Wildman–Crippen MR) is 93.6 cm³/mol. The fourth-order valence-electron chi connectivity index (χ4n) is 1.93. The topological polar surface area (TPSA) is 0 Å². The van der Waals surface area contributed by atoms with Crippen molar-refractivity contribution in [1.82, 2.24) is 0 Å². The largest absolute Gasteiger partial charge is 0.108 e. The molecule has 0 saturated carbocycles. The number of allylic oxidation sites excluding steroid dienone is 7. The molecule has 0 aromatic rings. The van der Waals surface area contributed by atoms with E-state index in [1.54, 1.807) is 3.88 Å². The van der Waals surface area contributed by atoms with E-state index in [-0.39, 0.29) is 19.2 Å². The maximum absolute atomic E-state index is 2.42. The van der Waals surface area contributed by atoms with Crippen LogP contribution in [0.3, 0.4) is 0 Å². The minimum absolute atomic E-state index is 0.0104. The van der Waals surface area contributed by atoms with Gasteiger partial charge in [0.25, 0.3) is 0 Å². The van der Waals surface area contributed by atoms with Crippen molar-refractivity contribution in [3.63, 3.8) is 0 Å². The van der Waals surface area contributed by atoms with Crippen molar-refractivity contribution in [2.45, 2.75) is 48.0 Å². The van der Waals surface area contributed by atoms with Gasteiger partial charge in [-0.05, 0) is 18.5 Å². The second kappa shape index (κ2) is 12.8. The van der Waals surface area contributed by atoms with Crippen molar-refractivity contribution in [2.75, 3.05) is 18.5 Å². The van der Waals surface area contributed by atoms with Gasteiger partial charge in [0.1, 0.15) is 0 Å². The molecule has 0 nitrogen and oxygen atoms in total. The summed E-state index contributed by atoms with van der Waals surface area (Å²) in [5.41, 5.74) is 2.81. The van der Waals surface area contributed by atoms with Crippen molar-refractivity contribution in [1.29, 1.82) is 0 Å². The standard InChI is InChI=1S/C7H11.C6H15P.C5H5.Ti/c1-6(2)5-7(3)4;1-4-7(5-2)6-3;1-2-4-5-3-1;/h1,5H,2-4H3;4-6H2,1-3H3;1-3H,4H2;. The Morgan fingerprint density at radius 1 is 1.15 bits per heavy atom. The van der Waals surface area contributed by atoms with Crippen LogP contribution >= 0.6 is 7.92 Å². The van der Waals surface area contributed by atoms with E-state index in [2.05, 4.69) is 70.2 Å². The van der Waals surface area contributed by atoms with E-state index in [1.165, 1.54) is 36.1 Å². The van der Waals surface area contributed by atoms with Crippen LogP contribution in [0.15, 0.2) is 43.7 Å². The molecular formula is C18H31PTi. The summed E-state index contributed by atoms with van der Waals surface area (Å²) in [6.07, 6.45) is 14.4. The Labute approximate surface area is 137 Å². The molecular weight excluding hydrogens is 295 g/mol. The number of hydrogen-bond acceptors (Lipinski definition) is 0. The summed E-state index contributed by atoms with van der Waals surface area (Å²) in [4.78, 5) is 0. The van der Waals surface area contributed by atoms with Gasteiger partial charge in [-0.2, -0.15) is 0 Å². The first-order valence-electron chi connectivity index (χ1n) is 7.69. The molecule has 1 aliphatic rings. The maximum atomic E-state index is 2.42. The average molecular weight is 326 g/mol. The molecule has 1 rings (SSSR count). The van der Waals surface area contributed by atoms with Crippen LogP contribution < -0.4 is 0 Å². The zero-order valence-electron chi connectivity index (χ0n) is 14.2. The first-order chi connectivity index (χ1) is 9.53. The van der Waals surface area contributed by atoms with Crippen LogP contribution in [0.2, 0.25) is 0 Å². The molecule has 0 aromatic heterocycles. The third-order valence-corrected chi connectivity index (χ3v) is 7.89. The monoisotopic (exact) mass is 326 g/mol. The first kappa shape index (κ1) is 20.1. The van der Waals surface area contributed by atoms with Gasteiger partial charge in [0, 0.05) is 0 Å². The van der Waals surface area contributed by atoms with Crippen LogP contribution in [0, 0.1) is 0 Å². The summed E-state index contributed by atoms with van der Waals surface area (Å²) in [6.45, 7) is 13.4. The minimum atomic E-state index is 0.0104. The van der Waals surface area contributed by atoms with Crippen molar-refractivity contribution in [2.24, 2.45) is 0 Å². The van der Waals surface area contributed by atoms with E-state index in [0.717, 1.165) is 0 Å². The minimum Gasteiger partial charge on any atom is -0.108 e. The van der Waals surface area contributed by atoms with Gasteiger partial charge in [0.05, 0.1) is 0 Å². The van der Waals surface area contributed by atoms with E-state index in [0.29, 0.717) is 7.92 Å². The van der Waals surface area contributed by atoms with Gasteiger partial charge < -0.3 is 0 Å². The molecule has 0 atom stereocenters. The van der Waals surface area contributed by atoms with E-state index in [9.17, 15) is 0 Å². The van der Waals surface area contributed by atoms with Crippen LogP contribution in [-0.4, -0.2) is 18.5 Å². The summed E-state index contributed by atoms with van der Waals surface area (Å²) in [5.74, 6) is 0. The second-order valence-corrected chi connectivity index (χ2v) is 10.3. The van der Waals surface area contributed by atoms with Crippen molar-refractivity contribution >= 4 is 7.92 Å². The molecule has 2 heteroatoms. The smallest absolute Gasteiger partial charge is 0.0355 e. The van der Waals surface area contributed by atoms with Crippen LogP contribution in [0.4, 0.5) is 0 Å². The molecule has 0 bridgehead atoms. The fraction of sp³-hybridized carbons (Fsp3) is 0.556. The molecule has 0 N–H and O–H groups in total. The molecule has 0 fully saturated rings. The van der Waals surface area contributed by atoms with Gasteiger partial charge >= 0.3 is 90.1 Å². The van der Waals surface area contributed by atoms with E-state index in [4.69, 9.17) is 0 Å². The molecule has 20 heavy (non-hydrogen) atoms. The van der Waals surface area contributed by atoms with E-state index >= 15 is 0 Å². The van der Waals surface area contributed by atoms with Crippen molar-refractivity contribution in [3.8, 4) is 0 Å². The summed E-state index contributed by atoms with van der Waals surface area (Å²) in [6, 6.07) is 0. The van der Waals surface area contributed by atoms with E-state index in [1.807, 2.05) is 0 Å². The van der Waals surface area contributed by atoms with Crippen LogP contribution in [0.1, 0.15) is 48.0 Å². The fourth-order valence-corrected chi connectivity index (χ4v) is 4.71. The van der Waals surface area contributed by atoms with Crippen molar-refractivity contribution < 1.29 is 19.2 Å². The quantitative estimate of drug-likeness (QED) is 0.305. The Morgan fingerprint density at radius 2 is 1.75 bits per heavy atom. The van der Waals surface area contributed by atoms with Gasteiger partial charge in [0.2, 0.25) is 0 Å². The normalized spacial score (nSPS) is 13.8. The summed E-state index contributed by atoms with van der Waals surface area (Å²) in [7, 11) is 0.446. The van der Waals surface area contributed by atoms with Gasteiger partial charge in [-0.3, -0.25) is 0 Å². The molecule has 0 unspecified atom stereocenters. The number of hydrogen-bond donors (Lipinski definition) is 0. The van der Waals surface area contributed by atoms with Gasteiger partial charge in [-0.25, -0.2) is 0 Å². The Kier molecular flexibility index (Phi) is 12.9. The number of rotatable bonds is 6. The Balaban J connectivity index is 0.000000441. The molecule has 0 heterocycles. The molecule has 0 spiro atoms. The molecule has 0 amide bonds. The van der Waals surface area contributed by atoms with Crippen LogP contribution in [0.5, 0.6) is 0 Å². The van der Waals surface area contributed by atoms with Crippen LogP contribution in [-0.2, 0) is 19.2 Å². The molecule has 1 aliphatic carbocycles. The third kappa shape index (κ3) is 10.8. The summed E-state index contributed by atoms with van der Waals surface area (Å²) in [5, 5.41) is 0. The Morgan fingerprint density at radius 3 is 2.10 bits per heavy atom. The Hall–Kier alpha value is 0.104. The average Bonchev–Trinajstić information content (AvgIpc) is 2.91. The summed E-state index contributed by atoms with van der Waals surface area (Å²) < 4.78 is 4.06. The molecule has 0 aliphatic heterocycles. The molecule has 0 saturated heterocycles. The Bertz CT molecular complexity index is 361.